The summed E-state index contributed by atoms with van der Waals surface area (Å²) in [5, 5.41) is 4.63. The van der Waals surface area contributed by atoms with Crippen LogP contribution in [0.5, 0.6) is 11.6 Å². The SMILES string of the molecule is Fc1ccc(-c2noc3nc(Oc4ccccc4F)ccc23)cc1. The maximum absolute atomic E-state index is 13.6. The van der Waals surface area contributed by atoms with Gasteiger partial charge in [-0.2, -0.15) is 4.98 Å². The quantitative estimate of drug-likeness (QED) is 0.534. The van der Waals surface area contributed by atoms with Crippen molar-refractivity contribution in [2.45, 2.75) is 0 Å². The predicted molar refractivity (Wildman–Crippen MR) is 83.7 cm³/mol. The molecule has 0 spiro atoms. The Morgan fingerprint density at radius 2 is 1.67 bits per heavy atom. The number of hydrogen-bond donors (Lipinski definition) is 0. The van der Waals surface area contributed by atoms with Crippen LogP contribution in [-0.2, 0) is 0 Å². The number of para-hydroxylation sites is 1. The first kappa shape index (κ1) is 14.3. The molecule has 0 atom stereocenters. The van der Waals surface area contributed by atoms with Crippen molar-refractivity contribution in [2.75, 3.05) is 0 Å². The molecule has 0 amide bonds. The number of pyridine rings is 1. The number of ether oxygens (including phenoxy) is 1. The summed E-state index contributed by atoms with van der Waals surface area (Å²) in [5.74, 6) is -0.550. The molecule has 0 fully saturated rings. The Morgan fingerprint density at radius 3 is 2.46 bits per heavy atom. The van der Waals surface area contributed by atoms with Gasteiger partial charge in [-0.3, -0.25) is 0 Å². The number of nitrogens with zero attached hydrogens (tertiary/aromatic N) is 2. The lowest BCUT2D eigenvalue weighted by Gasteiger charge is -2.04. The Kier molecular flexibility index (Phi) is 3.42. The molecule has 0 N–H and O–H groups in total. The standard InChI is InChI=1S/C18H10F2N2O2/c19-12-7-5-11(6-8-12)17-13-9-10-16(21-18(13)24-22-17)23-15-4-2-1-3-14(15)20/h1-10H. The van der Waals surface area contributed by atoms with Crippen molar-refractivity contribution in [3.05, 3.63) is 72.3 Å². The van der Waals surface area contributed by atoms with Gasteiger partial charge in [0.1, 0.15) is 11.5 Å². The van der Waals surface area contributed by atoms with E-state index in [1.54, 1.807) is 36.4 Å². The monoisotopic (exact) mass is 324 g/mol. The Morgan fingerprint density at radius 1 is 0.875 bits per heavy atom. The topological polar surface area (TPSA) is 48.2 Å². The highest BCUT2D eigenvalue weighted by Crippen LogP contribution is 2.30. The van der Waals surface area contributed by atoms with Crippen LogP contribution >= 0.6 is 0 Å². The summed E-state index contributed by atoms with van der Waals surface area (Å²) in [4.78, 5) is 4.18. The van der Waals surface area contributed by atoms with E-state index in [4.69, 9.17) is 9.26 Å². The maximum Gasteiger partial charge on any atom is 0.261 e. The fraction of sp³-hybridized carbons (Fsp3) is 0. The summed E-state index contributed by atoms with van der Waals surface area (Å²) < 4.78 is 37.3. The van der Waals surface area contributed by atoms with Gasteiger partial charge in [-0.05, 0) is 42.5 Å². The first-order valence-electron chi connectivity index (χ1n) is 7.15. The van der Waals surface area contributed by atoms with Crippen LogP contribution in [0.2, 0.25) is 0 Å². The van der Waals surface area contributed by atoms with Crippen molar-refractivity contribution in [2.24, 2.45) is 0 Å². The van der Waals surface area contributed by atoms with Gasteiger partial charge in [-0.25, -0.2) is 8.78 Å². The van der Waals surface area contributed by atoms with Gasteiger partial charge in [-0.15, -0.1) is 0 Å². The highest BCUT2D eigenvalue weighted by atomic mass is 19.1. The summed E-state index contributed by atoms with van der Waals surface area (Å²) >= 11 is 0. The third-order valence-electron chi connectivity index (χ3n) is 3.48. The van der Waals surface area contributed by atoms with E-state index in [2.05, 4.69) is 10.1 Å². The van der Waals surface area contributed by atoms with Crippen molar-refractivity contribution in [1.29, 1.82) is 0 Å². The lowest BCUT2D eigenvalue weighted by molar-refractivity contribution is 0.416. The molecule has 6 heteroatoms. The van der Waals surface area contributed by atoms with Gasteiger partial charge in [0.25, 0.3) is 5.71 Å². The van der Waals surface area contributed by atoms with Gasteiger partial charge in [0, 0.05) is 11.6 Å². The molecule has 4 rings (SSSR count). The van der Waals surface area contributed by atoms with E-state index < -0.39 is 5.82 Å². The smallest absolute Gasteiger partial charge is 0.261 e. The van der Waals surface area contributed by atoms with Crippen LogP contribution in [0, 0.1) is 11.6 Å². The molecule has 0 aliphatic rings. The summed E-state index contributed by atoms with van der Waals surface area (Å²) in [6.45, 7) is 0. The molecule has 0 bridgehead atoms. The van der Waals surface area contributed by atoms with Crippen LogP contribution in [0.1, 0.15) is 0 Å². The summed E-state index contributed by atoms with van der Waals surface area (Å²) in [6, 6.07) is 15.3. The van der Waals surface area contributed by atoms with E-state index >= 15 is 0 Å². The minimum Gasteiger partial charge on any atom is -0.436 e. The van der Waals surface area contributed by atoms with Crippen molar-refractivity contribution in [3.8, 4) is 22.9 Å². The van der Waals surface area contributed by atoms with Gasteiger partial charge < -0.3 is 9.26 Å². The molecular formula is C18H10F2N2O2. The molecule has 2 heterocycles. The molecule has 118 valence electrons. The average molecular weight is 324 g/mol. The van der Waals surface area contributed by atoms with Gasteiger partial charge >= 0.3 is 0 Å². The molecule has 2 aromatic carbocycles. The number of benzene rings is 2. The van der Waals surface area contributed by atoms with Crippen molar-refractivity contribution in [3.63, 3.8) is 0 Å². The zero-order valence-corrected chi connectivity index (χ0v) is 12.2. The van der Waals surface area contributed by atoms with E-state index in [1.165, 1.54) is 24.3 Å². The Hall–Kier alpha value is -3.28. The minimum atomic E-state index is -0.482. The van der Waals surface area contributed by atoms with Gasteiger partial charge in [0.2, 0.25) is 5.88 Å². The zero-order chi connectivity index (χ0) is 16.5. The molecule has 4 aromatic rings. The summed E-state index contributed by atoms with van der Waals surface area (Å²) in [7, 11) is 0. The normalized spacial score (nSPS) is 10.9. The van der Waals surface area contributed by atoms with Gasteiger partial charge in [0.15, 0.2) is 11.6 Å². The van der Waals surface area contributed by atoms with Crippen LogP contribution in [0.15, 0.2) is 65.2 Å². The fourth-order valence-corrected chi connectivity index (χ4v) is 2.32. The van der Waals surface area contributed by atoms with Crippen molar-refractivity contribution < 1.29 is 18.0 Å². The molecule has 0 unspecified atom stereocenters. The zero-order valence-electron chi connectivity index (χ0n) is 12.2. The highest BCUT2D eigenvalue weighted by Gasteiger charge is 2.13. The highest BCUT2D eigenvalue weighted by molar-refractivity contribution is 5.89. The predicted octanol–water partition coefficient (Wildman–Crippen LogP) is 4.96. The van der Waals surface area contributed by atoms with E-state index in [0.29, 0.717) is 16.6 Å². The van der Waals surface area contributed by atoms with Crippen LogP contribution in [0.4, 0.5) is 8.78 Å². The van der Waals surface area contributed by atoms with E-state index in [0.717, 1.165) is 0 Å². The molecule has 2 aromatic heterocycles. The summed E-state index contributed by atoms with van der Waals surface area (Å²) in [6.07, 6.45) is 0. The fourth-order valence-electron chi connectivity index (χ4n) is 2.32. The molecule has 0 saturated heterocycles. The van der Waals surface area contributed by atoms with Crippen LogP contribution in [0.3, 0.4) is 0 Å². The van der Waals surface area contributed by atoms with Gasteiger partial charge in [-0.1, -0.05) is 17.3 Å². The number of halogens is 2. The lowest BCUT2D eigenvalue weighted by atomic mass is 10.1. The number of fused-ring (bicyclic) bond motifs is 1. The average Bonchev–Trinajstić information content (AvgIpc) is 3.01. The van der Waals surface area contributed by atoms with E-state index in [9.17, 15) is 8.78 Å². The first-order valence-corrected chi connectivity index (χ1v) is 7.15. The van der Waals surface area contributed by atoms with Crippen LogP contribution in [-0.4, -0.2) is 10.1 Å². The number of hydrogen-bond acceptors (Lipinski definition) is 4. The second-order valence-electron chi connectivity index (χ2n) is 5.07. The second kappa shape index (κ2) is 5.73. The molecule has 0 radical (unpaired) electrons. The molecular weight excluding hydrogens is 314 g/mol. The third-order valence-corrected chi connectivity index (χ3v) is 3.48. The third kappa shape index (κ3) is 2.58. The summed E-state index contributed by atoms with van der Waals surface area (Å²) in [5.41, 5.74) is 1.51. The van der Waals surface area contributed by atoms with Crippen LogP contribution in [0.25, 0.3) is 22.4 Å². The molecule has 4 nitrogen and oxygen atoms in total. The molecule has 0 aliphatic heterocycles. The number of rotatable bonds is 3. The Labute approximate surface area is 135 Å². The first-order chi connectivity index (χ1) is 11.7. The Bertz CT molecular complexity index is 1010. The van der Waals surface area contributed by atoms with Crippen molar-refractivity contribution in [1.82, 2.24) is 10.1 Å². The second-order valence-corrected chi connectivity index (χ2v) is 5.07. The molecule has 0 saturated carbocycles. The van der Waals surface area contributed by atoms with Crippen molar-refractivity contribution >= 4 is 11.1 Å². The van der Waals surface area contributed by atoms with E-state index in [-0.39, 0.29) is 23.2 Å². The molecule has 0 aliphatic carbocycles. The van der Waals surface area contributed by atoms with Crippen LogP contribution < -0.4 is 4.74 Å². The lowest BCUT2D eigenvalue weighted by Crippen LogP contribution is -1.90. The number of aromatic nitrogens is 2. The maximum atomic E-state index is 13.6. The minimum absolute atomic E-state index is 0.0719. The Balaban J connectivity index is 1.70. The molecule has 24 heavy (non-hydrogen) atoms. The van der Waals surface area contributed by atoms with Gasteiger partial charge in [0.05, 0.1) is 5.39 Å². The largest absolute Gasteiger partial charge is 0.436 e. The van der Waals surface area contributed by atoms with E-state index in [1.807, 2.05) is 0 Å².